The van der Waals surface area contributed by atoms with Crippen LogP contribution < -0.4 is 0 Å². The zero-order valence-corrected chi connectivity index (χ0v) is 15.5. The summed E-state index contributed by atoms with van der Waals surface area (Å²) < 4.78 is 0. The van der Waals surface area contributed by atoms with Gasteiger partial charge < -0.3 is 10.2 Å². The van der Waals surface area contributed by atoms with Crippen molar-refractivity contribution in [2.45, 2.75) is 96.5 Å². The minimum Gasteiger partial charge on any atom is -0.481 e. The van der Waals surface area contributed by atoms with E-state index in [1.165, 1.54) is 0 Å². The minimum absolute atomic E-state index is 0.0818. The lowest BCUT2D eigenvalue weighted by atomic mass is 9.85. The molecule has 0 aromatic heterocycles. The van der Waals surface area contributed by atoms with Crippen molar-refractivity contribution in [1.29, 1.82) is 0 Å². The average molecular weight is 354 g/mol. The highest BCUT2D eigenvalue weighted by molar-refractivity contribution is 5.84. The minimum atomic E-state index is -0.766. The number of hydrogen-bond donors (Lipinski definition) is 2. The number of ketones is 2. The lowest BCUT2D eigenvalue weighted by Crippen LogP contribution is -2.21. The first kappa shape index (κ1) is 21.8. The molecule has 1 aliphatic carbocycles. The first-order valence-corrected chi connectivity index (χ1v) is 9.90. The number of hydrogen-bond acceptors (Lipinski definition) is 4. The summed E-state index contributed by atoms with van der Waals surface area (Å²) in [6.45, 7) is 2.11. The van der Waals surface area contributed by atoms with Crippen LogP contribution >= 0.6 is 0 Å². The summed E-state index contributed by atoms with van der Waals surface area (Å²) in [4.78, 5) is 34.6. The number of Topliss-reactive ketones (excluding diaryl/α,β-unsaturated/α-hetero) is 2. The van der Waals surface area contributed by atoms with Crippen molar-refractivity contribution >= 4 is 17.5 Å². The van der Waals surface area contributed by atoms with Gasteiger partial charge in [0.2, 0.25) is 0 Å². The SMILES string of the molecule is CCCCCC(=O)CCC1[C@H](O)CC(=O)[C@@H]1CCCCCCC(=O)O. The number of carbonyl (C=O) groups is 3. The monoisotopic (exact) mass is 354 g/mol. The predicted octanol–water partition coefficient (Wildman–Crippen LogP) is 3.91. The Morgan fingerprint density at radius 2 is 1.64 bits per heavy atom. The van der Waals surface area contributed by atoms with Crippen LogP contribution in [0.2, 0.25) is 0 Å². The molecule has 0 aromatic carbocycles. The van der Waals surface area contributed by atoms with Gasteiger partial charge >= 0.3 is 5.97 Å². The van der Waals surface area contributed by atoms with Crippen LogP contribution in [0.4, 0.5) is 0 Å². The van der Waals surface area contributed by atoms with Crippen LogP contribution in [-0.2, 0) is 14.4 Å². The largest absolute Gasteiger partial charge is 0.481 e. The smallest absolute Gasteiger partial charge is 0.303 e. The third-order valence-corrected chi connectivity index (χ3v) is 5.31. The van der Waals surface area contributed by atoms with Crippen LogP contribution in [0.3, 0.4) is 0 Å². The maximum Gasteiger partial charge on any atom is 0.303 e. The molecule has 144 valence electrons. The summed E-state index contributed by atoms with van der Waals surface area (Å²) in [6, 6.07) is 0. The summed E-state index contributed by atoms with van der Waals surface area (Å²) >= 11 is 0. The van der Waals surface area contributed by atoms with Crippen LogP contribution in [-0.4, -0.2) is 33.9 Å². The van der Waals surface area contributed by atoms with Crippen LogP contribution in [0.5, 0.6) is 0 Å². The van der Waals surface area contributed by atoms with E-state index in [0.717, 1.165) is 44.9 Å². The molecular weight excluding hydrogens is 320 g/mol. The molecule has 1 saturated carbocycles. The molecular formula is C20H34O5. The van der Waals surface area contributed by atoms with Gasteiger partial charge in [0.15, 0.2) is 0 Å². The number of rotatable bonds is 14. The van der Waals surface area contributed by atoms with E-state index >= 15 is 0 Å². The van der Waals surface area contributed by atoms with Crippen molar-refractivity contribution in [2.24, 2.45) is 11.8 Å². The number of carboxylic acid groups (broad SMARTS) is 1. The zero-order chi connectivity index (χ0) is 18.7. The number of aliphatic carboxylic acids is 1. The summed E-state index contributed by atoms with van der Waals surface area (Å²) in [5.41, 5.74) is 0. The second-order valence-electron chi connectivity index (χ2n) is 7.39. The van der Waals surface area contributed by atoms with Gasteiger partial charge in [-0.25, -0.2) is 0 Å². The van der Waals surface area contributed by atoms with Crippen LogP contribution in [0.15, 0.2) is 0 Å². The van der Waals surface area contributed by atoms with E-state index in [9.17, 15) is 19.5 Å². The summed E-state index contributed by atoms with van der Waals surface area (Å²) in [5.74, 6) is -0.605. The first-order valence-electron chi connectivity index (χ1n) is 9.90. The van der Waals surface area contributed by atoms with Crippen LogP contribution in [0, 0.1) is 11.8 Å². The molecule has 5 nitrogen and oxygen atoms in total. The van der Waals surface area contributed by atoms with E-state index in [0.29, 0.717) is 25.7 Å². The predicted molar refractivity (Wildman–Crippen MR) is 96.3 cm³/mol. The Morgan fingerprint density at radius 1 is 0.960 bits per heavy atom. The molecule has 0 spiro atoms. The third kappa shape index (κ3) is 8.61. The average Bonchev–Trinajstić information content (AvgIpc) is 2.82. The van der Waals surface area contributed by atoms with Crippen molar-refractivity contribution in [3.05, 3.63) is 0 Å². The molecule has 5 heteroatoms. The maximum atomic E-state index is 12.1. The Morgan fingerprint density at radius 3 is 2.32 bits per heavy atom. The van der Waals surface area contributed by atoms with Gasteiger partial charge in [0, 0.05) is 31.6 Å². The highest BCUT2D eigenvalue weighted by Crippen LogP contribution is 2.36. The molecule has 1 fully saturated rings. The highest BCUT2D eigenvalue weighted by atomic mass is 16.4. The van der Waals surface area contributed by atoms with E-state index in [-0.39, 0.29) is 36.2 Å². The number of unbranched alkanes of at least 4 members (excludes halogenated alkanes) is 5. The molecule has 3 atom stereocenters. The second-order valence-corrected chi connectivity index (χ2v) is 7.39. The molecule has 0 aliphatic heterocycles. The van der Waals surface area contributed by atoms with Gasteiger partial charge in [-0.1, -0.05) is 39.0 Å². The topological polar surface area (TPSA) is 91.7 Å². The van der Waals surface area contributed by atoms with E-state index < -0.39 is 12.1 Å². The van der Waals surface area contributed by atoms with Gasteiger partial charge in [-0.15, -0.1) is 0 Å². The fourth-order valence-electron chi connectivity index (χ4n) is 3.80. The molecule has 0 radical (unpaired) electrons. The van der Waals surface area contributed by atoms with Crippen LogP contribution in [0.25, 0.3) is 0 Å². The van der Waals surface area contributed by atoms with Gasteiger partial charge in [0.05, 0.1) is 6.10 Å². The maximum absolute atomic E-state index is 12.1. The Hall–Kier alpha value is -1.23. The number of aliphatic hydroxyl groups excluding tert-OH is 1. The molecule has 25 heavy (non-hydrogen) atoms. The van der Waals surface area contributed by atoms with Crippen molar-refractivity contribution in [3.8, 4) is 0 Å². The Bertz CT molecular complexity index is 432. The fourth-order valence-corrected chi connectivity index (χ4v) is 3.80. The molecule has 0 heterocycles. The van der Waals surface area contributed by atoms with E-state index in [2.05, 4.69) is 6.92 Å². The molecule has 1 unspecified atom stereocenters. The Kier molecular flexibility index (Phi) is 10.6. The lowest BCUT2D eigenvalue weighted by Gasteiger charge is -2.20. The standard InChI is InChI=1S/C20H34O5/c1-2-3-6-9-15(21)12-13-17-16(18(22)14-19(17)23)10-7-4-5-8-11-20(24)25/h16-17,19,23H,2-14H2,1H3,(H,24,25)/t16-,17?,19-/m1/s1. The fraction of sp³-hybridized carbons (Fsp3) is 0.850. The van der Waals surface area contributed by atoms with Gasteiger partial charge in [-0.3, -0.25) is 14.4 Å². The highest BCUT2D eigenvalue weighted by Gasteiger charge is 2.40. The summed E-state index contributed by atoms with van der Waals surface area (Å²) in [7, 11) is 0. The first-order chi connectivity index (χ1) is 12.0. The lowest BCUT2D eigenvalue weighted by molar-refractivity contribution is -0.137. The molecule has 0 saturated heterocycles. The van der Waals surface area contributed by atoms with Gasteiger partial charge in [-0.05, 0) is 31.6 Å². The van der Waals surface area contributed by atoms with Gasteiger partial charge in [0.25, 0.3) is 0 Å². The Labute approximate surface area is 151 Å². The van der Waals surface area contributed by atoms with E-state index in [4.69, 9.17) is 5.11 Å². The molecule has 0 amide bonds. The van der Waals surface area contributed by atoms with E-state index in [1.54, 1.807) is 0 Å². The normalized spacial score (nSPS) is 23.1. The van der Waals surface area contributed by atoms with Crippen molar-refractivity contribution in [1.82, 2.24) is 0 Å². The molecule has 0 aromatic rings. The molecule has 1 aliphatic rings. The quantitative estimate of drug-likeness (QED) is 0.462. The molecule has 2 N–H and O–H groups in total. The third-order valence-electron chi connectivity index (χ3n) is 5.31. The summed E-state index contributed by atoms with van der Waals surface area (Å²) in [6.07, 6.45) is 8.67. The summed E-state index contributed by atoms with van der Waals surface area (Å²) in [5, 5.41) is 18.8. The van der Waals surface area contributed by atoms with Crippen molar-refractivity contribution < 1.29 is 24.6 Å². The Balaban J connectivity index is 2.31. The number of aliphatic hydroxyl groups is 1. The molecule has 0 bridgehead atoms. The van der Waals surface area contributed by atoms with Crippen molar-refractivity contribution in [3.63, 3.8) is 0 Å². The zero-order valence-electron chi connectivity index (χ0n) is 15.5. The van der Waals surface area contributed by atoms with E-state index in [1.807, 2.05) is 0 Å². The van der Waals surface area contributed by atoms with Crippen molar-refractivity contribution in [2.75, 3.05) is 0 Å². The van der Waals surface area contributed by atoms with Crippen LogP contribution in [0.1, 0.15) is 90.4 Å². The number of carboxylic acids is 1. The number of carbonyl (C=O) groups excluding carboxylic acids is 2. The van der Waals surface area contributed by atoms with Gasteiger partial charge in [-0.2, -0.15) is 0 Å². The van der Waals surface area contributed by atoms with Gasteiger partial charge in [0.1, 0.15) is 11.6 Å². The second kappa shape index (κ2) is 12.2. The molecule has 1 rings (SSSR count).